The molecule has 1 aromatic carbocycles. The van der Waals surface area contributed by atoms with Crippen LogP contribution in [0.2, 0.25) is 10.0 Å². The van der Waals surface area contributed by atoms with E-state index in [2.05, 4.69) is 5.32 Å². The van der Waals surface area contributed by atoms with Crippen molar-refractivity contribution < 1.29 is 27.5 Å². The molecule has 0 aliphatic carbocycles. The number of halogens is 2. The molecule has 11 heteroatoms. The fourth-order valence-corrected chi connectivity index (χ4v) is 4.71. The molecule has 0 radical (unpaired) electrons. The van der Waals surface area contributed by atoms with Crippen LogP contribution in [-0.4, -0.2) is 63.0 Å². The van der Waals surface area contributed by atoms with E-state index >= 15 is 0 Å². The van der Waals surface area contributed by atoms with Gasteiger partial charge in [-0.2, -0.15) is 4.31 Å². The molecule has 0 atom stereocenters. The van der Waals surface area contributed by atoms with Crippen LogP contribution >= 0.6 is 23.2 Å². The van der Waals surface area contributed by atoms with Gasteiger partial charge in [-0.3, -0.25) is 4.79 Å². The molecule has 0 unspecified atom stereocenters. The summed E-state index contributed by atoms with van der Waals surface area (Å²) in [5.74, 6) is -1.42. The Hall–Kier alpha value is -1.39. The molecule has 0 spiro atoms. The maximum atomic E-state index is 12.8. The maximum absolute atomic E-state index is 12.8. The predicted octanol–water partition coefficient (Wildman–Crippen LogP) is 2.09. The number of hydrogen-bond acceptors (Lipinski definition) is 6. The smallest absolute Gasteiger partial charge is 0.340 e. The maximum Gasteiger partial charge on any atom is 0.340 e. The molecule has 1 fully saturated rings. The molecule has 0 saturated carbocycles. The van der Waals surface area contributed by atoms with Gasteiger partial charge in [-0.15, -0.1) is 0 Å². The highest BCUT2D eigenvalue weighted by molar-refractivity contribution is 7.89. The summed E-state index contributed by atoms with van der Waals surface area (Å²) in [5, 5.41) is 2.45. The second kappa shape index (κ2) is 8.96. The SMILES string of the molecule is CC(C)(C)NC(=O)COC(=O)c1cc(S(=O)(=O)N2CCOCC2)c(Cl)cc1Cl. The van der Waals surface area contributed by atoms with Gasteiger partial charge in [-0.1, -0.05) is 23.2 Å². The van der Waals surface area contributed by atoms with Crippen LogP contribution in [0.25, 0.3) is 0 Å². The number of sulfonamides is 1. The molecule has 8 nitrogen and oxygen atoms in total. The standard InChI is InChI=1S/C17H22Cl2N2O6S/c1-17(2,3)20-15(22)10-27-16(23)11-8-14(13(19)9-12(11)18)28(24,25)21-4-6-26-7-5-21/h8-9H,4-7,10H2,1-3H3,(H,20,22). The summed E-state index contributed by atoms with van der Waals surface area (Å²) in [5.41, 5.74) is -0.678. The normalized spacial score (nSPS) is 15.9. The van der Waals surface area contributed by atoms with Crippen molar-refractivity contribution in [1.29, 1.82) is 0 Å². The average Bonchev–Trinajstić information content (AvgIpc) is 2.59. The van der Waals surface area contributed by atoms with E-state index in [1.54, 1.807) is 20.8 Å². The van der Waals surface area contributed by atoms with Gasteiger partial charge in [-0.25, -0.2) is 13.2 Å². The van der Waals surface area contributed by atoms with Gasteiger partial charge in [0.15, 0.2) is 6.61 Å². The van der Waals surface area contributed by atoms with Crippen LogP contribution in [0, 0.1) is 0 Å². The molecule has 1 heterocycles. The van der Waals surface area contributed by atoms with Crippen molar-refractivity contribution in [2.75, 3.05) is 32.9 Å². The Morgan fingerprint density at radius 3 is 2.36 bits per heavy atom. The van der Waals surface area contributed by atoms with Crippen molar-refractivity contribution in [1.82, 2.24) is 9.62 Å². The van der Waals surface area contributed by atoms with Crippen molar-refractivity contribution in [3.8, 4) is 0 Å². The van der Waals surface area contributed by atoms with E-state index in [9.17, 15) is 18.0 Å². The average molecular weight is 453 g/mol. The number of hydrogen-bond donors (Lipinski definition) is 1. The molecule has 1 aliphatic heterocycles. The van der Waals surface area contributed by atoms with Crippen LogP contribution in [0.5, 0.6) is 0 Å². The third-order valence-electron chi connectivity index (χ3n) is 3.68. The largest absolute Gasteiger partial charge is 0.452 e. The fourth-order valence-electron chi connectivity index (χ4n) is 2.47. The number of nitrogens with one attached hydrogen (secondary N) is 1. The lowest BCUT2D eigenvalue weighted by molar-refractivity contribution is -0.125. The predicted molar refractivity (Wildman–Crippen MR) is 104 cm³/mol. The highest BCUT2D eigenvalue weighted by atomic mass is 35.5. The van der Waals surface area contributed by atoms with Crippen molar-refractivity contribution in [2.45, 2.75) is 31.2 Å². The highest BCUT2D eigenvalue weighted by Gasteiger charge is 2.30. The van der Waals surface area contributed by atoms with Crippen molar-refractivity contribution >= 4 is 45.1 Å². The summed E-state index contributed by atoms with van der Waals surface area (Å²) in [4.78, 5) is 23.9. The third kappa shape index (κ3) is 5.81. The molecule has 1 aliphatic rings. The fraction of sp³-hybridized carbons (Fsp3) is 0.529. The number of benzene rings is 1. The molecule has 0 bridgehead atoms. The van der Waals surface area contributed by atoms with Gasteiger partial charge in [0.25, 0.3) is 5.91 Å². The zero-order valence-electron chi connectivity index (χ0n) is 15.8. The number of rotatable bonds is 5. The Morgan fingerprint density at radius 2 is 1.79 bits per heavy atom. The van der Waals surface area contributed by atoms with E-state index < -0.39 is 34.0 Å². The van der Waals surface area contributed by atoms with E-state index in [4.69, 9.17) is 32.7 Å². The molecule has 0 aromatic heterocycles. The Labute approximate surface area is 174 Å². The summed E-state index contributed by atoms with van der Waals surface area (Å²) in [6.45, 7) is 5.70. The first kappa shape index (κ1) is 22.9. The van der Waals surface area contributed by atoms with Crippen LogP contribution < -0.4 is 5.32 Å². The summed E-state index contributed by atoms with van der Waals surface area (Å²) >= 11 is 12.1. The van der Waals surface area contributed by atoms with E-state index in [1.165, 1.54) is 10.4 Å². The number of carbonyl (C=O) groups excluding carboxylic acids is 2. The third-order valence-corrected chi connectivity index (χ3v) is 6.35. The summed E-state index contributed by atoms with van der Waals surface area (Å²) in [7, 11) is -3.95. The van der Waals surface area contributed by atoms with Gasteiger partial charge in [0, 0.05) is 18.6 Å². The summed E-state index contributed by atoms with van der Waals surface area (Å²) in [6, 6.07) is 2.24. The Balaban J connectivity index is 2.22. The van der Waals surface area contributed by atoms with Crippen LogP contribution in [0.15, 0.2) is 17.0 Å². The van der Waals surface area contributed by atoms with Crippen LogP contribution in [0.3, 0.4) is 0 Å². The quantitative estimate of drug-likeness (QED) is 0.686. The first-order valence-corrected chi connectivity index (χ1v) is 10.7. The molecular weight excluding hydrogens is 431 g/mol. The topological polar surface area (TPSA) is 102 Å². The molecule has 1 N–H and O–H groups in total. The van der Waals surface area contributed by atoms with Gasteiger partial charge < -0.3 is 14.8 Å². The van der Waals surface area contributed by atoms with Crippen molar-refractivity contribution in [3.05, 3.63) is 27.7 Å². The lowest BCUT2D eigenvalue weighted by Gasteiger charge is -2.26. The zero-order chi connectivity index (χ0) is 21.1. The molecule has 2 rings (SSSR count). The zero-order valence-corrected chi connectivity index (χ0v) is 18.1. The van der Waals surface area contributed by atoms with Gasteiger partial charge >= 0.3 is 5.97 Å². The molecule has 1 amide bonds. The van der Waals surface area contributed by atoms with Crippen molar-refractivity contribution in [3.63, 3.8) is 0 Å². The summed E-state index contributed by atoms with van der Waals surface area (Å²) in [6.07, 6.45) is 0. The lowest BCUT2D eigenvalue weighted by atomic mass is 10.1. The summed E-state index contributed by atoms with van der Waals surface area (Å²) < 4.78 is 37.0. The highest BCUT2D eigenvalue weighted by Crippen LogP contribution is 2.31. The number of morpholine rings is 1. The minimum Gasteiger partial charge on any atom is -0.452 e. The molecule has 1 aromatic rings. The molecule has 1 saturated heterocycles. The van der Waals surface area contributed by atoms with E-state index in [0.717, 1.165) is 6.07 Å². The molecule has 28 heavy (non-hydrogen) atoms. The number of carbonyl (C=O) groups is 2. The molecule has 156 valence electrons. The van der Waals surface area contributed by atoms with Gasteiger partial charge in [0.1, 0.15) is 4.90 Å². The number of nitrogens with zero attached hydrogens (tertiary/aromatic N) is 1. The van der Waals surface area contributed by atoms with Gasteiger partial charge in [0.2, 0.25) is 10.0 Å². The van der Waals surface area contributed by atoms with Crippen LogP contribution in [0.4, 0.5) is 0 Å². The number of esters is 1. The Kier molecular flexibility index (Phi) is 7.33. The minimum atomic E-state index is -3.95. The second-order valence-electron chi connectivity index (χ2n) is 7.15. The second-order valence-corrected chi connectivity index (χ2v) is 9.87. The van der Waals surface area contributed by atoms with Crippen LogP contribution in [0.1, 0.15) is 31.1 Å². The Morgan fingerprint density at radius 1 is 1.18 bits per heavy atom. The van der Waals surface area contributed by atoms with Crippen molar-refractivity contribution in [2.24, 2.45) is 0 Å². The van der Waals surface area contributed by atoms with E-state index in [-0.39, 0.29) is 46.8 Å². The van der Waals surface area contributed by atoms with E-state index in [1.807, 2.05) is 0 Å². The lowest BCUT2D eigenvalue weighted by Crippen LogP contribution is -2.42. The first-order valence-electron chi connectivity index (χ1n) is 8.47. The molecular formula is C17H22Cl2N2O6S. The Bertz CT molecular complexity index is 861. The minimum absolute atomic E-state index is 0.0767. The van der Waals surface area contributed by atoms with Gasteiger partial charge in [0.05, 0.1) is 28.8 Å². The van der Waals surface area contributed by atoms with E-state index in [0.29, 0.717) is 0 Å². The van der Waals surface area contributed by atoms with Crippen LogP contribution in [-0.2, 0) is 24.3 Å². The number of ether oxygens (including phenoxy) is 2. The number of amides is 1. The monoisotopic (exact) mass is 452 g/mol. The van der Waals surface area contributed by atoms with Gasteiger partial charge in [-0.05, 0) is 32.9 Å². The first-order chi connectivity index (χ1) is 12.9.